The molecule has 3 rings (SSSR count). The van der Waals surface area contributed by atoms with Gasteiger partial charge in [-0.15, -0.1) is 0 Å². The molecule has 0 saturated carbocycles. The van der Waals surface area contributed by atoms with E-state index in [1.54, 1.807) is 7.11 Å². The van der Waals surface area contributed by atoms with Crippen LogP contribution in [0.4, 0.5) is 5.69 Å². The van der Waals surface area contributed by atoms with Crippen LogP contribution in [0.25, 0.3) is 0 Å². The van der Waals surface area contributed by atoms with Gasteiger partial charge in [-0.25, -0.2) is 0 Å². The summed E-state index contributed by atoms with van der Waals surface area (Å²) >= 11 is 0. The first-order valence-corrected chi connectivity index (χ1v) is 10.1. The zero-order valence-corrected chi connectivity index (χ0v) is 17.2. The highest BCUT2D eigenvalue weighted by Gasteiger charge is 2.21. The van der Waals surface area contributed by atoms with Crippen molar-refractivity contribution in [3.05, 3.63) is 54.1 Å². The van der Waals surface area contributed by atoms with E-state index in [-0.39, 0.29) is 0 Å². The Morgan fingerprint density at radius 2 is 1.57 bits per heavy atom. The molecule has 0 unspecified atom stereocenters. The van der Waals surface area contributed by atoms with Gasteiger partial charge in [0.1, 0.15) is 24.2 Å². The van der Waals surface area contributed by atoms with E-state index in [0.717, 1.165) is 43.4 Å². The van der Waals surface area contributed by atoms with Crippen molar-refractivity contribution in [1.82, 2.24) is 4.90 Å². The lowest BCUT2D eigenvalue weighted by molar-refractivity contribution is 0.0658. The topological polar surface area (TPSA) is 45.2 Å². The van der Waals surface area contributed by atoms with Gasteiger partial charge in [0.15, 0.2) is 0 Å². The summed E-state index contributed by atoms with van der Waals surface area (Å²) in [5.74, 6) is 2.18. The van der Waals surface area contributed by atoms with Gasteiger partial charge < -0.3 is 19.5 Å². The number of para-hydroxylation sites is 3. The first-order chi connectivity index (χ1) is 13.6. The number of ether oxygens (including phenoxy) is 2. The summed E-state index contributed by atoms with van der Waals surface area (Å²) < 4.78 is 11.4. The number of aliphatic hydroxyl groups excluding tert-OH is 1. The van der Waals surface area contributed by atoms with Crippen LogP contribution in [0.2, 0.25) is 0 Å². The highest BCUT2D eigenvalue weighted by molar-refractivity contribution is 5.58. The second-order valence-corrected chi connectivity index (χ2v) is 7.62. The molecule has 0 aromatic heterocycles. The zero-order chi connectivity index (χ0) is 19.9. The molecule has 5 heteroatoms. The highest BCUT2D eigenvalue weighted by atomic mass is 16.5. The zero-order valence-electron chi connectivity index (χ0n) is 17.2. The monoisotopic (exact) mass is 384 g/mol. The fourth-order valence-corrected chi connectivity index (χ4v) is 3.69. The number of aliphatic hydroxyl groups is 1. The molecule has 1 heterocycles. The summed E-state index contributed by atoms with van der Waals surface area (Å²) in [4.78, 5) is 4.64. The van der Waals surface area contributed by atoms with Crippen molar-refractivity contribution in [3.63, 3.8) is 0 Å². The lowest BCUT2D eigenvalue weighted by atomic mass is 10.0. The minimum absolute atomic E-state index is 0.316. The Kier molecular flexibility index (Phi) is 7.18. The number of piperazine rings is 1. The van der Waals surface area contributed by atoms with Crippen LogP contribution in [0.1, 0.15) is 25.3 Å². The van der Waals surface area contributed by atoms with Gasteiger partial charge in [-0.2, -0.15) is 0 Å². The normalized spacial score (nSPS) is 16.2. The second-order valence-electron chi connectivity index (χ2n) is 7.62. The van der Waals surface area contributed by atoms with Crippen molar-refractivity contribution < 1.29 is 14.6 Å². The average molecular weight is 385 g/mol. The number of nitrogens with zero attached hydrogens (tertiary/aromatic N) is 2. The van der Waals surface area contributed by atoms with Gasteiger partial charge in [0.25, 0.3) is 0 Å². The molecule has 28 heavy (non-hydrogen) atoms. The van der Waals surface area contributed by atoms with Gasteiger partial charge in [-0.3, -0.25) is 4.90 Å². The lowest BCUT2D eigenvalue weighted by Gasteiger charge is -2.37. The van der Waals surface area contributed by atoms with Crippen molar-refractivity contribution in [2.75, 3.05) is 51.3 Å². The molecule has 1 atom stereocenters. The molecule has 1 saturated heterocycles. The summed E-state index contributed by atoms with van der Waals surface area (Å²) in [6.45, 7) is 8.92. The van der Waals surface area contributed by atoms with E-state index in [1.165, 1.54) is 5.56 Å². The summed E-state index contributed by atoms with van der Waals surface area (Å²) in [5, 5.41) is 10.5. The largest absolute Gasteiger partial charge is 0.495 e. The molecular weight excluding hydrogens is 352 g/mol. The second kappa shape index (κ2) is 9.80. The molecule has 0 radical (unpaired) electrons. The summed E-state index contributed by atoms with van der Waals surface area (Å²) in [7, 11) is 1.71. The number of hydrogen-bond donors (Lipinski definition) is 1. The van der Waals surface area contributed by atoms with Crippen molar-refractivity contribution in [2.24, 2.45) is 0 Å². The third-order valence-corrected chi connectivity index (χ3v) is 5.24. The van der Waals surface area contributed by atoms with Crippen molar-refractivity contribution in [1.29, 1.82) is 0 Å². The number of β-amino-alcohol motifs (C(OH)–C–C–N with tert-alkyl or cyclic N) is 1. The SMILES string of the molecule is COc1ccccc1N1CCN(C[C@H](O)COc2ccccc2C(C)C)CC1. The van der Waals surface area contributed by atoms with E-state index in [4.69, 9.17) is 9.47 Å². The standard InChI is InChI=1S/C23H32N2O3/c1-18(2)20-8-4-6-10-22(20)28-17-19(26)16-24-12-14-25(15-13-24)21-9-5-7-11-23(21)27-3/h4-11,18-19,26H,12-17H2,1-3H3/t19-/m0/s1. The molecule has 0 aliphatic carbocycles. The van der Waals surface area contributed by atoms with Crippen LogP contribution < -0.4 is 14.4 Å². The molecule has 1 fully saturated rings. The van der Waals surface area contributed by atoms with Crippen LogP contribution in [0.5, 0.6) is 11.5 Å². The fourth-order valence-electron chi connectivity index (χ4n) is 3.69. The van der Waals surface area contributed by atoms with E-state index in [1.807, 2.05) is 36.4 Å². The number of hydrogen-bond acceptors (Lipinski definition) is 5. The van der Waals surface area contributed by atoms with Crippen LogP contribution in [0.15, 0.2) is 48.5 Å². The molecule has 2 aromatic rings. The molecule has 2 aromatic carbocycles. The van der Waals surface area contributed by atoms with Crippen LogP contribution in [-0.4, -0.2) is 62.6 Å². The lowest BCUT2D eigenvalue weighted by Crippen LogP contribution is -2.49. The van der Waals surface area contributed by atoms with Gasteiger partial charge in [-0.1, -0.05) is 44.2 Å². The van der Waals surface area contributed by atoms with E-state index in [0.29, 0.717) is 19.1 Å². The first kappa shape index (κ1) is 20.5. The molecule has 0 amide bonds. The molecule has 0 spiro atoms. The molecule has 152 valence electrons. The van der Waals surface area contributed by atoms with Crippen molar-refractivity contribution in [2.45, 2.75) is 25.9 Å². The predicted octanol–water partition coefficient (Wildman–Crippen LogP) is 3.38. The van der Waals surface area contributed by atoms with Crippen LogP contribution in [0.3, 0.4) is 0 Å². The smallest absolute Gasteiger partial charge is 0.142 e. The maximum Gasteiger partial charge on any atom is 0.142 e. The molecule has 1 aliphatic rings. The van der Waals surface area contributed by atoms with E-state index >= 15 is 0 Å². The number of rotatable bonds is 8. The van der Waals surface area contributed by atoms with E-state index < -0.39 is 6.10 Å². The Morgan fingerprint density at radius 1 is 0.929 bits per heavy atom. The number of methoxy groups -OCH3 is 1. The Labute approximate surface area is 168 Å². The van der Waals surface area contributed by atoms with E-state index in [2.05, 4.69) is 35.8 Å². The predicted molar refractivity (Wildman–Crippen MR) is 114 cm³/mol. The average Bonchev–Trinajstić information content (AvgIpc) is 2.73. The van der Waals surface area contributed by atoms with Gasteiger partial charge in [-0.05, 0) is 29.7 Å². The fraction of sp³-hybridized carbons (Fsp3) is 0.478. The quantitative estimate of drug-likeness (QED) is 0.756. The molecule has 0 bridgehead atoms. The summed E-state index contributed by atoms with van der Waals surface area (Å²) in [6.07, 6.45) is -0.502. The first-order valence-electron chi connectivity index (χ1n) is 10.1. The summed E-state index contributed by atoms with van der Waals surface area (Å²) in [5.41, 5.74) is 2.32. The van der Waals surface area contributed by atoms with Crippen LogP contribution in [-0.2, 0) is 0 Å². The summed E-state index contributed by atoms with van der Waals surface area (Å²) in [6, 6.07) is 16.2. The molecule has 1 N–H and O–H groups in total. The maximum absolute atomic E-state index is 10.5. The Balaban J connectivity index is 1.47. The minimum Gasteiger partial charge on any atom is -0.495 e. The van der Waals surface area contributed by atoms with Crippen LogP contribution in [0, 0.1) is 0 Å². The highest BCUT2D eigenvalue weighted by Crippen LogP contribution is 2.28. The Morgan fingerprint density at radius 3 is 2.25 bits per heavy atom. The van der Waals surface area contributed by atoms with Gasteiger partial charge in [0.2, 0.25) is 0 Å². The minimum atomic E-state index is -0.502. The molecule has 5 nitrogen and oxygen atoms in total. The number of benzene rings is 2. The Hall–Kier alpha value is -2.24. The van der Waals surface area contributed by atoms with Gasteiger partial charge in [0.05, 0.1) is 12.8 Å². The molecule has 1 aliphatic heterocycles. The third-order valence-electron chi connectivity index (χ3n) is 5.24. The molecular formula is C23H32N2O3. The Bertz CT molecular complexity index is 742. The van der Waals surface area contributed by atoms with Crippen molar-refractivity contribution in [3.8, 4) is 11.5 Å². The van der Waals surface area contributed by atoms with Crippen molar-refractivity contribution >= 4 is 5.69 Å². The maximum atomic E-state index is 10.5. The van der Waals surface area contributed by atoms with Gasteiger partial charge >= 0.3 is 0 Å². The van der Waals surface area contributed by atoms with Crippen LogP contribution >= 0.6 is 0 Å². The van der Waals surface area contributed by atoms with E-state index in [9.17, 15) is 5.11 Å². The third kappa shape index (κ3) is 5.18. The number of anilines is 1. The van der Waals surface area contributed by atoms with Gasteiger partial charge in [0, 0.05) is 32.7 Å².